The average molecular weight is 513 g/mol. The number of halogens is 1. The van der Waals surface area contributed by atoms with Gasteiger partial charge in [0.25, 0.3) is 0 Å². The third-order valence-electron chi connectivity index (χ3n) is 6.87. The molecule has 3 aliphatic rings. The third-order valence-corrected chi connectivity index (χ3v) is 10.4. The van der Waals surface area contributed by atoms with Gasteiger partial charge in [0.2, 0.25) is 5.91 Å². The van der Waals surface area contributed by atoms with Gasteiger partial charge in [0.05, 0.1) is 0 Å². The normalized spacial score (nSPS) is 30.5. The first-order valence-corrected chi connectivity index (χ1v) is 16.4. The summed E-state index contributed by atoms with van der Waals surface area (Å²) in [5.41, 5.74) is 1.27. The quantitative estimate of drug-likeness (QED) is 0.371. The molecule has 0 aromatic carbocycles. The SMILES string of the molecule is CC(C)C(=O)NC1CCC(c2cnc(N3C4CCC3CN(I(C)C)C4)nc2)CC1. The zero-order chi connectivity index (χ0) is 20.5. The van der Waals surface area contributed by atoms with Gasteiger partial charge in [-0.1, -0.05) is 13.8 Å². The number of nitrogens with zero attached hydrogens (tertiary/aromatic N) is 4. The van der Waals surface area contributed by atoms with Crippen molar-refractivity contribution in [2.75, 3.05) is 27.9 Å². The number of nitrogens with one attached hydrogen (secondary N) is 1. The van der Waals surface area contributed by atoms with Crippen LogP contribution >= 0.6 is 20.1 Å². The van der Waals surface area contributed by atoms with E-state index < -0.39 is 20.1 Å². The Bertz CT molecular complexity index is 688. The summed E-state index contributed by atoms with van der Waals surface area (Å²) in [5.74, 6) is 1.70. The molecule has 162 valence electrons. The standard InChI is InChI=1S/C22H36IN5O/c1-15(2)21(29)26-18-7-5-16(6-8-18)17-11-24-22(25-12-17)28-19-9-10-20(28)14-27(13-19)23(3)4/h11-12,15-16,18-20H,5-10,13-14H2,1-4H3,(H,26,29). The van der Waals surface area contributed by atoms with Gasteiger partial charge in [0.1, 0.15) is 0 Å². The Morgan fingerprint density at radius 3 is 2.14 bits per heavy atom. The molecule has 2 saturated heterocycles. The summed E-state index contributed by atoms with van der Waals surface area (Å²) in [5, 5.41) is 3.19. The number of rotatable bonds is 5. The van der Waals surface area contributed by atoms with E-state index in [-0.39, 0.29) is 11.8 Å². The molecule has 4 rings (SSSR count). The summed E-state index contributed by atoms with van der Waals surface area (Å²) < 4.78 is 2.76. The van der Waals surface area contributed by atoms with Crippen LogP contribution in [0.1, 0.15) is 63.9 Å². The fourth-order valence-electron chi connectivity index (χ4n) is 5.07. The second-order valence-electron chi connectivity index (χ2n) is 9.36. The Morgan fingerprint density at radius 1 is 1.03 bits per heavy atom. The van der Waals surface area contributed by atoms with E-state index >= 15 is 0 Å². The third kappa shape index (κ3) is 4.70. The number of aromatic nitrogens is 2. The number of hydrogen-bond donors (Lipinski definition) is 1. The van der Waals surface area contributed by atoms with Gasteiger partial charge in [-0.15, -0.1) is 0 Å². The fraction of sp³-hybridized carbons (Fsp3) is 0.773. The van der Waals surface area contributed by atoms with Gasteiger partial charge in [-0.05, 0) is 0 Å². The van der Waals surface area contributed by atoms with Gasteiger partial charge < -0.3 is 5.32 Å². The van der Waals surface area contributed by atoms with Crippen molar-refractivity contribution in [2.45, 2.75) is 76.4 Å². The second-order valence-corrected chi connectivity index (χ2v) is 14.8. The number of fused-ring (bicyclic) bond motifs is 2. The van der Waals surface area contributed by atoms with Crippen LogP contribution in [0.2, 0.25) is 0 Å². The van der Waals surface area contributed by atoms with Crippen LogP contribution in [-0.4, -0.2) is 60.1 Å². The van der Waals surface area contributed by atoms with Crippen molar-refractivity contribution in [1.29, 1.82) is 0 Å². The van der Waals surface area contributed by atoms with Gasteiger partial charge >= 0.3 is 147 Å². The number of piperazine rings is 1. The molecule has 0 radical (unpaired) electrons. The molecule has 1 aromatic heterocycles. The molecule has 2 unspecified atom stereocenters. The van der Waals surface area contributed by atoms with Crippen LogP contribution in [-0.2, 0) is 4.79 Å². The Balaban J connectivity index is 1.34. The van der Waals surface area contributed by atoms with Crippen LogP contribution < -0.4 is 10.2 Å². The summed E-state index contributed by atoms with van der Waals surface area (Å²) >= 11 is -0.889. The van der Waals surface area contributed by atoms with Crippen molar-refractivity contribution in [1.82, 2.24) is 18.4 Å². The minimum atomic E-state index is -0.889. The first kappa shape index (κ1) is 21.3. The fourth-order valence-corrected chi connectivity index (χ4v) is 7.55. The molecule has 1 aromatic rings. The predicted molar refractivity (Wildman–Crippen MR) is 127 cm³/mol. The van der Waals surface area contributed by atoms with Crippen LogP contribution in [0.5, 0.6) is 0 Å². The Kier molecular flexibility index (Phi) is 6.63. The summed E-state index contributed by atoms with van der Waals surface area (Å²) in [6.45, 7) is 6.31. The molecule has 1 aliphatic carbocycles. The molecule has 29 heavy (non-hydrogen) atoms. The Hall–Kier alpha value is -0.960. The van der Waals surface area contributed by atoms with Gasteiger partial charge in [-0.3, -0.25) is 4.79 Å². The average Bonchev–Trinajstić information content (AvgIpc) is 2.97. The van der Waals surface area contributed by atoms with E-state index in [1.165, 1.54) is 31.5 Å². The van der Waals surface area contributed by atoms with Crippen molar-refractivity contribution >= 4 is 31.9 Å². The van der Waals surface area contributed by atoms with E-state index in [9.17, 15) is 4.79 Å². The van der Waals surface area contributed by atoms with Crippen molar-refractivity contribution < 1.29 is 4.79 Å². The number of amides is 1. The van der Waals surface area contributed by atoms with Crippen LogP contribution in [0.25, 0.3) is 0 Å². The summed E-state index contributed by atoms with van der Waals surface area (Å²) in [6.07, 6.45) is 11.0. The van der Waals surface area contributed by atoms with Gasteiger partial charge in [-0.2, -0.15) is 0 Å². The molecule has 3 heterocycles. The molecular formula is C22H36IN5O. The second kappa shape index (κ2) is 9.04. The first-order valence-electron chi connectivity index (χ1n) is 11.1. The van der Waals surface area contributed by atoms with Crippen molar-refractivity contribution in [2.24, 2.45) is 5.92 Å². The molecule has 1 N–H and O–H groups in total. The Morgan fingerprint density at radius 2 is 1.62 bits per heavy atom. The minimum absolute atomic E-state index is 0.0639. The number of hydrogen-bond acceptors (Lipinski definition) is 5. The topological polar surface area (TPSA) is 61.4 Å². The maximum absolute atomic E-state index is 11.9. The predicted octanol–water partition coefficient (Wildman–Crippen LogP) is 3.61. The molecule has 3 fully saturated rings. The van der Waals surface area contributed by atoms with Crippen LogP contribution in [0, 0.1) is 5.92 Å². The van der Waals surface area contributed by atoms with Gasteiger partial charge in [-0.25, -0.2) is 0 Å². The van der Waals surface area contributed by atoms with Crippen molar-refractivity contribution in [3.8, 4) is 0 Å². The zero-order valence-corrected chi connectivity index (χ0v) is 20.4. The number of anilines is 1. The molecule has 1 saturated carbocycles. The molecule has 1 amide bonds. The van der Waals surface area contributed by atoms with Gasteiger partial charge in [0, 0.05) is 5.92 Å². The molecule has 0 spiro atoms. The molecule has 2 aliphatic heterocycles. The van der Waals surface area contributed by atoms with Crippen molar-refractivity contribution in [3.63, 3.8) is 0 Å². The van der Waals surface area contributed by atoms with E-state index in [0.717, 1.165) is 31.6 Å². The van der Waals surface area contributed by atoms with Crippen molar-refractivity contribution in [3.05, 3.63) is 18.0 Å². The van der Waals surface area contributed by atoms with E-state index in [2.05, 4.69) is 35.6 Å². The molecule has 2 bridgehead atoms. The van der Waals surface area contributed by atoms with E-state index in [1.54, 1.807) is 0 Å². The van der Waals surface area contributed by atoms with E-state index in [0.29, 0.717) is 24.0 Å². The van der Waals surface area contributed by atoms with Gasteiger partial charge in [0.15, 0.2) is 0 Å². The maximum atomic E-state index is 11.9. The number of carbonyl (C=O) groups excluding carboxylic acids is 1. The molecular weight excluding hydrogens is 477 g/mol. The molecule has 6 nitrogen and oxygen atoms in total. The Labute approximate surface area is 183 Å². The van der Waals surface area contributed by atoms with Crippen LogP contribution in [0.4, 0.5) is 5.95 Å². The zero-order valence-electron chi connectivity index (χ0n) is 18.3. The van der Waals surface area contributed by atoms with E-state index in [1.807, 2.05) is 13.8 Å². The summed E-state index contributed by atoms with van der Waals surface area (Å²) in [7, 11) is 0. The monoisotopic (exact) mass is 513 g/mol. The first-order chi connectivity index (χ1) is 13.9. The number of alkyl halides is 2. The van der Waals surface area contributed by atoms with Crippen LogP contribution in [0.15, 0.2) is 12.4 Å². The summed E-state index contributed by atoms with van der Waals surface area (Å²) in [6, 6.07) is 1.52. The van der Waals surface area contributed by atoms with E-state index in [4.69, 9.17) is 9.97 Å². The molecule has 7 heteroatoms. The number of carbonyl (C=O) groups is 1. The van der Waals surface area contributed by atoms with Crippen LogP contribution in [0.3, 0.4) is 0 Å². The molecule has 2 atom stereocenters. The summed E-state index contributed by atoms with van der Waals surface area (Å²) in [4.78, 5) is 29.0.